The first-order valence-corrected chi connectivity index (χ1v) is 9.17. The number of hydrogen-bond acceptors (Lipinski definition) is 5. The molecule has 1 aromatic carbocycles. The van der Waals surface area contributed by atoms with E-state index in [1.54, 1.807) is 16.7 Å². The van der Waals surface area contributed by atoms with E-state index in [1.807, 2.05) is 6.26 Å². The van der Waals surface area contributed by atoms with Crippen LogP contribution < -0.4 is 0 Å². The number of likely N-dealkylation sites (tertiary alicyclic amines) is 1. The van der Waals surface area contributed by atoms with Gasteiger partial charge in [-0.3, -0.25) is 9.59 Å². The molecule has 3 amide bonds. The first-order chi connectivity index (χ1) is 11.6. The van der Waals surface area contributed by atoms with E-state index >= 15 is 0 Å². The quantitative estimate of drug-likeness (QED) is 0.733. The predicted molar refractivity (Wildman–Crippen MR) is 89.7 cm³/mol. The average molecular weight is 348 g/mol. The van der Waals surface area contributed by atoms with Gasteiger partial charge in [0, 0.05) is 36.9 Å². The number of thioether (sulfide) groups is 1. The highest BCUT2D eigenvalue weighted by Crippen LogP contribution is 2.21. The Hall–Kier alpha value is -2.02. The third-order valence-corrected chi connectivity index (χ3v) is 5.12. The SMILES string of the molecule is CSc1ccc(CCC(=O)N2CC(CN3C(=O)COC3=O)C2)cc1. The molecule has 2 saturated heterocycles. The largest absolute Gasteiger partial charge is 0.439 e. The number of benzene rings is 1. The first-order valence-electron chi connectivity index (χ1n) is 7.94. The topological polar surface area (TPSA) is 66.9 Å². The summed E-state index contributed by atoms with van der Waals surface area (Å²) < 4.78 is 4.68. The van der Waals surface area contributed by atoms with Crippen LogP contribution in [0.1, 0.15) is 12.0 Å². The van der Waals surface area contributed by atoms with E-state index in [9.17, 15) is 14.4 Å². The lowest BCUT2D eigenvalue weighted by molar-refractivity contribution is -0.138. The van der Waals surface area contributed by atoms with Crippen LogP contribution in [0.3, 0.4) is 0 Å². The Kier molecular flexibility index (Phi) is 5.08. The molecule has 24 heavy (non-hydrogen) atoms. The van der Waals surface area contributed by atoms with Crippen molar-refractivity contribution >= 4 is 29.7 Å². The Morgan fingerprint density at radius 1 is 1.25 bits per heavy atom. The smallest absolute Gasteiger partial charge is 0.417 e. The zero-order valence-electron chi connectivity index (χ0n) is 13.6. The Balaban J connectivity index is 1.40. The lowest BCUT2D eigenvalue weighted by Crippen LogP contribution is -2.54. The highest BCUT2D eigenvalue weighted by Gasteiger charge is 2.38. The maximum atomic E-state index is 12.2. The van der Waals surface area contributed by atoms with Crippen LogP contribution in [0.15, 0.2) is 29.2 Å². The van der Waals surface area contributed by atoms with Crippen molar-refractivity contribution in [3.63, 3.8) is 0 Å². The van der Waals surface area contributed by atoms with E-state index in [0.29, 0.717) is 26.1 Å². The second-order valence-corrected chi connectivity index (χ2v) is 6.95. The number of aryl methyl sites for hydroxylation is 1. The number of imide groups is 1. The minimum absolute atomic E-state index is 0.121. The maximum Gasteiger partial charge on any atom is 0.417 e. The molecule has 2 aliphatic heterocycles. The third-order valence-electron chi connectivity index (χ3n) is 4.38. The van der Waals surface area contributed by atoms with Gasteiger partial charge in [0.1, 0.15) is 0 Å². The monoisotopic (exact) mass is 348 g/mol. The van der Waals surface area contributed by atoms with Crippen LogP contribution in [0.5, 0.6) is 0 Å². The highest BCUT2D eigenvalue weighted by molar-refractivity contribution is 7.98. The molecule has 0 unspecified atom stereocenters. The molecule has 2 heterocycles. The molecule has 0 radical (unpaired) electrons. The summed E-state index contributed by atoms with van der Waals surface area (Å²) in [7, 11) is 0. The molecular formula is C17H20N2O4S. The Labute approximate surface area is 145 Å². The van der Waals surface area contributed by atoms with Crippen LogP contribution >= 0.6 is 11.8 Å². The summed E-state index contributed by atoms with van der Waals surface area (Å²) in [6.45, 7) is 1.38. The molecule has 0 atom stereocenters. The number of carbonyl (C=O) groups is 3. The molecule has 0 bridgehead atoms. The minimum Gasteiger partial charge on any atom is -0.439 e. The van der Waals surface area contributed by atoms with Gasteiger partial charge in [-0.05, 0) is 30.4 Å². The molecule has 1 aromatic rings. The van der Waals surface area contributed by atoms with Gasteiger partial charge in [-0.25, -0.2) is 9.69 Å². The summed E-state index contributed by atoms with van der Waals surface area (Å²) in [5.41, 5.74) is 1.16. The lowest BCUT2D eigenvalue weighted by atomic mass is 9.98. The van der Waals surface area contributed by atoms with Gasteiger partial charge in [0.15, 0.2) is 6.61 Å². The van der Waals surface area contributed by atoms with Crippen molar-refractivity contribution in [2.24, 2.45) is 5.92 Å². The number of amides is 3. The zero-order valence-corrected chi connectivity index (χ0v) is 14.4. The molecule has 2 aliphatic rings. The van der Waals surface area contributed by atoms with Gasteiger partial charge in [0.25, 0.3) is 5.91 Å². The van der Waals surface area contributed by atoms with Gasteiger partial charge in [-0.15, -0.1) is 11.8 Å². The number of ether oxygens (including phenoxy) is 1. The standard InChI is InChI=1S/C17H20N2O4S/c1-24-14-5-2-12(3-6-14)4-7-15(20)18-8-13(9-18)10-19-16(21)11-23-17(19)22/h2-3,5-6,13H,4,7-11H2,1H3. The van der Waals surface area contributed by atoms with E-state index in [4.69, 9.17) is 0 Å². The van der Waals surface area contributed by atoms with Crippen LogP contribution in [0.25, 0.3) is 0 Å². The second kappa shape index (κ2) is 7.25. The first kappa shape index (κ1) is 16.8. The van der Waals surface area contributed by atoms with E-state index in [1.165, 1.54) is 4.90 Å². The van der Waals surface area contributed by atoms with Gasteiger partial charge in [-0.1, -0.05) is 12.1 Å². The van der Waals surface area contributed by atoms with Crippen molar-refractivity contribution in [3.05, 3.63) is 29.8 Å². The summed E-state index contributed by atoms with van der Waals surface area (Å²) in [6.07, 6.45) is 2.68. The molecule has 6 nitrogen and oxygen atoms in total. The van der Waals surface area contributed by atoms with Gasteiger partial charge in [0.2, 0.25) is 5.91 Å². The lowest BCUT2D eigenvalue weighted by Gasteiger charge is -2.40. The van der Waals surface area contributed by atoms with Crippen LogP contribution in [0.4, 0.5) is 4.79 Å². The summed E-state index contributed by atoms with van der Waals surface area (Å²) in [6, 6.07) is 8.25. The number of hydrogen-bond donors (Lipinski definition) is 0. The van der Waals surface area contributed by atoms with Crippen molar-refractivity contribution in [2.45, 2.75) is 17.7 Å². The van der Waals surface area contributed by atoms with Gasteiger partial charge < -0.3 is 9.64 Å². The molecule has 3 rings (SSSR count). The number of rotatable bonds is 6. The van der Waals surface area contributed by atoms with Gasteiger partial charge in [-0.2, -0.15) is 0 Å². The Bertz CT molecular complexity index is 624. The Morgan fingerprint density at radius 2 is 1.96 bits per heavy atom. The molecule has 0 aliphatic carbocycles. The predicted octanol–water partition coefficient (Wildman–Crippen LogP) is 1.78. The van der Waals surface area contributed by atoms with Crippen molar-refractivity contribution in [3.8, 4) is 0 Å². The zero-order chi connectivity index (χ0) is 17.1. The average Bonchev–Trinajstić information content (AvgIpc) is 2.87. The number of cyclic esters (lactones) is 1. The molecule has 2 fully saturated rings. The molecule has 0 N–H and O–H groups in total. The van der Waals surface area contributed by atoms with Gasteiger partial charge in [0.05, 0.1) is 0 Å². The Morgan fingerprint density at radius 3 is 2.54 bits per heavy atom. The van der Waals surface area contributed by atoms with Crippen molar-refractivity contribution < 1.29 is 19.1 Å². The number of nitrogens with zero attached hydrogens (tertiary/aromatic N) is 2. The van der Waals surface area contributed by atoms with E-state index in [-0.39, 0.29) is 24.3 Å². The summed E-state index contributed by atoms with van der Waals surface area (Å²) in [5.74, 6) is -0.0154. The second-order valence-electron chi connectivity index (χ2n) is 6.07. The summed E-state index contributed by atoms with van der Waals surface area (Å²) in [4.78, 5) is 39.2. The van der Waals surface area contributed by atoms with E-state index in [0.717, 1.165) is 16.9 Å². The third kappa shape index (κ3) is 3.72. The fourth-order valence-corrected chi connectivity index (χ4v) is 3.31. The van der Waals surface area contributed by atoms with E-state index in [2.05, 4.69) is 29.0 Å². The summed E-state index contributed by atoms with van der Waals surface area (Å²) in [5, 5.41) is 0. The van der Waals surface area contributed by atoms with Crippen molar-refractivity contribution in [1.82, 2.24) is 9.80 Å². The van der Waals surface area contributed by atoms with Crippen LogP contribution in [-0.4, -0.2) is 60.2 Å². The molecule has 0 aromatic heterocycles. The normalized spacial score (nSPS) is 17.9. The maximum absolute atomic E-state index is 12.2. The molecular weight excluding hydrogens is 328 g/mol. The van der Waals surface area contributed by atoms with Gasteiger partial charge >= 0.3 is 6.09 Å². The van der Waals surface area contributed by atoms with Crippen LogP contribution in [0.2, 0.25) is 0 Å². The van der Waals surface area contributed by atoms with Crippen molar-refractivity contribution in [2.75, 3.05) is 32.5 Å². The minimum atomic E-state index is -0.571. The highest BCUT2D eigenvalue weighted by atomic mass is 32.2. The van der Waals surface area contributed by atoms with Crippen LogP contribution in [0, 0.1) is 5.92 Å². The summed E-state index contributed by atoms with van der Waals surface area (Å²) >= 11 is 1.70. The van der Waals surface area contributed by atoms with Crippen molar-refractivity contribution in [1.29, 1.82) is 0 Å². The molecule has 0 spiro atoms. The number of carbonyl (C=O) groups excluding carboxylic acids is 3. The van der Waals surface area contributed by atoms with E-state index < -0.39 is 6.09 Å². The molecule has 128 valence electrons. The molecule has 0 saturated carbocycles. The molecule has 7 heteroatoms. The fourth-order valence-electron chi connectivity index (χ4n) is 2.91. The fraction of sp³-hybridized carbons (Fsp3) is 0.471. The van der Waals surface area contributed by atoms with Crippen LogP contribution in [-0.2, 0) is 20.7 Å².